The first-order valence-corrected chi connectivity index (χ1v) is 19.6. The Labute approximate surface area is 329 Å². The first-order chi connectivity index (χ1) is 25.9. The smallest absolute Gasteiger partial charge is 0.307 e. The molecule has 0 aliphatic heterocycles. The molecule has 0 unspecified atom stereocenters. The lowest BCUT2D eigenvalue weighted by atomic mass is 9.94. The zero-order valence-corrected chi connectivity index (χ0v) is 34.5. The number of fused-ring (bicyclic) bond motifs is 3. The molecule has 6 rings (SSSR count). The summed E-state index contributed by atoms with van der Waals surface area (Å²) in [4.78, 5) is 24.1. The quantitative estimate of drug-likeness (QED) is 0.0949. The van der Waals surface area contributed by atoms with E-state index in [2.05, 4.69) is 107 Å². The van der Waals surface area contributed by atoms with Gasteiger partial charge in [0.15, 0.2) is 0 Å². The number of nitrogens with zero attached hydrogens (tertiary/aromatic N) is 3. The van der Waals surface area contributed by atoms with Gasteiger partial charge in [-0.25, -0.2) is 4.98 Å². The number of aryl methyl sites for hydroxylation is 4. The van der Waals surface area contributed by atoms with Gasteiger partial charge in [0.1, 0.15) is 18.1 Å². The van der Waals surface area contributed by atoms with Gasteiger partial charge in [-0.05, 0) is 160 Å². The third-order valence-corrected chi connectivity index (χ3v) is 11.7. The number of ether oxygens (including phenoxy) is 3. The van der Waals surface area contributed by atoms with Crippen LogP contribution in [0.15, 0.2) is 75.3 Å². The van der Waals surface area contributed by atoms with Crippen molar-refractivity contribution in [3.05, 3.63) is 104 Å². The SMILES string of the molecule is CN=C(C)CCCOc1cc(C)c(-c2cccc(COc3cc4c(cn3)[C@H]3[C@@H](C4)[C@@H]3C(=O)O)c2)c(C)c1.CN=C(C)CCCOc1cc(C)c(Br)c(C)c1. The highest BCUT2D eigenvalue weighted by atomic mass is 79.9. The van der Waals surface area contributed by atoms with Crippen LogP contribution in [-0.4, -0.2) is 54.8 Å². The molecule has 1 N–H and O–H groups in total. The van der Waals surface area contributed by atoms with Gasteiger partial charge in [-0.1, -0.05) is 34.1 Å². The van der Waals surface area contributed by atoms with Gasteiger partial charge in [0.2, 0.25) is 5.88 Å². The minimum atomic E-state index is -0.693. The molecule has 0 saturated heterocycles. The maximum absolute atomic E-state index is 11.3. The fraction of sp³-hybridized carbons (Fsp3) is 0.422. The number of halogens is 1. The van der Waals surface area contributed by atoms with Gasteiger partial charge in [0, 0.05) is 48.2 Å². The molecule has 54 heavy (non-hydrogen) atoms. The van der Waals surface area contributed by atoms with Crippen molar-refractivity contribution in [1.29, 1.82) is 0 Å². The third-order valence-electron chi connectivity index (χ3n) is 10.5. The van der Waals surface area contributed by atoms with Crippen LogP contribution in [0.25, 0.3) is 11.1 Å². The number of aliphatic carboxylic acids is 1. The average molecular weight is 797 g/mol. The van der Waals surface area contributed by atoms with Crippen molar-refractivity contribution >= 4 is 33.3 Å². The first-order valence-electron chi connectivity index (χ1n) is 18.8. The number of carbonyl (C=O) groups is 1. The van der Waals surface area contributed by atoms with Gasteiger partial charge < -0.3 is 19.3 Å². The number of pyridine rings is 1. The fourth-order valence-electron chi connectivity index (χ4n) is 7.37. The van der Waals surface area contributed by atoms with E-state index >= 15 is 0 Å². The molecule has 1 heterocycles. The number of hydrogen-bond acceptors (Lipinski definition) is 7. The van der Waals surface area contributed by atoms with E-state index in [1.807, 2.05) is 40.2 Å². The summed E-state index contributed by atoms with van der Waals surface area (Å²) >= 11 is 3.55. The van der Waals surface area contributed by atoms with Crippen LogP contribution in [0.1, 0.15) is 84.4 Å². The van der Waals surface area contributed by atoms with Crippen molar-refractivity contribution < 1.29 is 24.1 Å². The summed E-state index contributed by atoms with van der Waals surface area (Å²) in [5.74, 6) is 1.88. The van der Waals surface area contributed by atoms with E-state index in [1.165, 1.54) is 43.6 Å². The molecule has 2 aliphatic carbocycles. The van der Waals surface area contributed by atoms with E-state index in [1.54, 1.807) is 0 Å². The fourth-order valence-corrected chi connectivity index (χ4v) is 7.60. The van der Waals surface area contributed by atoms with Crippen LogP contribution in [0, 0.1) is 39.5 Å². The summed E-state index contributed by atoms with van der Waals surface area (Å²) in [6.45, 7) is 14.3. The molecule has 286 valence electrons. The molecule has 0 bridgehead atoms. The molecular formula is C45H54BrN3O5. The van der Waals surface area contributed by atoms with E-state index in [0.717, 1.165) is 72.6 Å². The molecule has 0 radical (unpaired) electrons. The minimum absolute atomic E-state index is 0.133. The van der Waals surface area contributed by atoms with Crippen LogP contribution in [0.2, 0.25) is 0 Å². The third kappa shape index (κ3) is 10.4. The normalized spacial score (nSPS) is 17.2. The highest BCUT2D eigenvalue weighted by Crippen LogP contribution is 2.61. The van der Waals surface area contributed by atoms with E-state index in [-0.39, 0.29) is 17.8 Å². The molecule has 3 aromatic carbocycles. The molecule has 0 amide bonds. The molecule has 1 fully saturated rings. The number of carboxylic acid groups (broad SMARTS) is 1. The molecule has 9 heteroatoms. The Morgan fingerprint density at radius 1 is 0.833 bits per heavy atom. The zero-order chi connectivity index (χ0) is 38.9. The number of aromatic nitrogens is 1. The summed E-state index contributed by atoms with van der Waals surface area (Å²) in [7, 11) is 3.66. The van der Waals surface area contributed by atoms with Crippen LogP contribution in [-0.2, 0) is 17.8 Å². The number of carboxylic acids is 1. The van der Waals surface area contributed by atoms with Crippen molar-refractivity contribution in [2.45, 2.75) is 86.2 Å². The van der Waals surface area contributed by atoms with Crippen molar-refractivity contribution in [2.75, 3.05) is 27.3 Å². The summed E-state index contributed by atoms with van der Waals surface area (Å²) in [6, 6.07) is 18.8. The van der Waals surface area contributed by atoms with E-state index < -0.39 is 5.97 Å². The molecule has 1 aromatic heterocycles. The monoisotopic (exact) mass is 795 g/mol. The van der Waals surface area contributed by atoms with Crippen molar-refractivity contribution in [1.82, 2.24) is 4.98 Å². The Hall–Kier alpha value is -4.50. The van der Waals surface area contributed by atoms with Crippen LogP contribution in [0.5, 0.6) is 17.4 Å². The van der Waals surface area contributed by atoms with Crippen LogP contribution < -0.4 is 14.2 Å². The van der Waals surface area contributed by atoms with Crippen LogP contribution in [0.3, 0.4) is 0 Å². The summed E-state index contributed by atoms with van der Waals surface area (Å²) in [5, 5.41) is 9.32. The average Bonchev–Trinajstić information content (AvgIpc) is 3.75. The zero-order valence-electron chi connectivity index (χ0n) is 33.0. The molecule has 3 atom stereocenters. The largest absolute Gasteiger partial charge is 0.494 e. The summed E-state index contributed by atoms with van der Waals surface area (Å²) < 4.78 is 19.0. The van der Waals surface area contributed by atoms with Gasteiger partial charge in [0.25, 0.3) is 0 Å². The summed E-state index contributed by atoms with van der Waals surface area (Å²) in [6.07, 6.45) is 6.53. The molecule has 4 aromatic rings. The minimum Gasteiger partial charge on any atom is -0.494 e. The predicted octanol–water partition coefficient (Wildman–Crippen LogP) is 10.5. The van der Waals surface area contributed by atoms with Gasteiger partial charge in [-0.3, -0.25) is 14.8 Å². The Kier molecular flexibility index (Phi) is 14.1. The molecule has 0 spiro atoms. The number of benzene rings is 3. The van der Waals surface area contributed by atoms with Gasteiger partial charge in [-0.2, -0.15) is 0 Å². The maximum atomic E-state index is 11.3. The van der Waals surface area contributed by atoms with Gasteiger partial charge in [-0.15, -0.1) is 0 Å². The second-order valence-electron chi connectivity index (χ2n) is 14.6. The Balaban J connectivity index is 0.000000278. The van der Waals surface area contributed by atoms with Gasteiger partial charge >= 0.3 is 5.97 Å². The second-order valence-corrected chi connectivity index (χ2v) is 15.4. The molecule has 2 aliphatic rings. The molecule has 8 nitrogen and oxygen atoms in total. The van der Waals surface area contributed by atoms with Crippen molar-refractivity contribution in [3.63, 3.8) is 0 Å². The van der Waals surface area contributed by atoms with Crippen LogP contribution in [0.4, 0.5) is 0 Å². The lowest BCUT2D eigenvalue weighted by molar-refractivity contribution is -0.139. The van der Waals surface area contributed by atoms with E-state index in [4.69, 9.17) is 14.2 Å². The van der Waals surface area contributed by atoms with E-state index in [9.17, 15) is 9.90 Å². The number of rotatable bonds is 15. The van der Waals surface area contributed by atoms with E-state index in [0.29, 0.717) is 19.1 Å². The van der Waals surface area contributed by atoms with Gasteiger partial charge in [0.05, 0.1) is 19.1 Å². The highest BCUT2D eigenvalue weighted by molar-refractivity contribution is 9.10. The maximum Gasteiger partial charge on any atom is 0.307 e. The number of hydrogen-bond donors (Lipinski definition) is 1. The van der Waals surface area contributed by atoms with Crippen molar-refractivity contribution in [3.8, 4) is 28.5 Å². The Morgan fingerprint density at radius 2 is 1.41 bits per heavy atom. The standard InChI is InChI=1S/C31H34N2O4.C14H20BrNO/c1-18-11-24(36-10-6-7-20(3)32-4)12-19(2)28(18)22-9-5-8-21(13-22)17-37-27-15-23-14-25-29(26(23)16-33-27)30(25)31(34)35;1-10-8-13(9-11(2)14(10)15)17-7-5-6-12(3)16-4/h5,8-9,11-13,15-16,25,29-30H,6-7,10,14,17H2,1-4H3,(H,34,35);8-9H,5-7H2,1-4H3/t25-,29-,30+;/m1./s1. The molecule has 1 saturated carbocycles. The molecular weight excluding hydrogens is 742 g/mol. The van der Waals surface area contributed by atoms with Crippen LogP contribution >= 0.6 is 15.9 Å². The summed E-state index contributed by atoms with van der Waals surface area (Å²) in [5.41, 5.74) is 12.8. The topological polar surface area (TPSA) is 103 Å². The first kappa shape index (κ1) is 40.7. The number of aliphatic imine (C=N–C) groups is 2. The highest BCUT2D eigenvalue weighted by Gasteiger charge is 2.59. The van der Waals surface area contributed by atoms with Crippen molar-refractivity contribution in [2.24, 2.45) is 21.8 Å². The Morgan fingerprint density at radius 3 is 1.96 bits per heavy atom. The Bertz CT molecular complexity index is 1980. The second kappa shape index (κ2) is 18.7. The lowest BCUT2D eigenvalue weighted by Crippen LogP contribution is -2.06. The lowest BCUT2D eigenvalue weighted by Gasteiger charge is -2.15. The predicted molar refractivity (Wildman–Crippen MR) is 222 cm³/mol.